The van der Waals surface area contributed by atoms with Gasteiger partial charge < -0.3 is 34.3 Å². The van der Waals surface area contributed by atoms with E-state index in [1.807, 2.05) is 20.8 Å². The molecule has 0 bridgehead atoms. The van der Waals surface area contributed by atoms with Crippen LogP contribution in [0.5, 0.6) is 0 Å². The first-order chi connectivity index (χ1) is 21.8. The predicted molar refractivity (Wildman–Crippen MR) is 169 cm³/mol. The Morgan fingerprint density at radius 2 is 1.74 bits per heavy atom. The molecule has 2 heterocycles. The number of ketones is 2. The van der Waals surface area contributed by atoms with Crippen LogP contribution in [0.4, 0.5) is 0 Å². The van der Waals surface area contributed by atoms with Crippen molar-refractivity contribution in [3.05, 3.63) is 11.6 Å². The Kier molecular flexibility index (Phi) is 7.49. The van der Waals surface area contributed by atoms with Crippen LogP contribution in [-0.4, -0.2) is 88.0 Å². The standard InChI is InChI=1S/C37H54O10/c1-18(13-20(39)30-33(5,6)47-30)27-21(40)14-34(7)24-10-9-23-32(3,4)25(46-31-29(43)28(42)22(41)16-44-31)11-12-36(23)17-37(24,36)15-26(35(27,34)8)45-19(2)38/h10,18,22-23,25-31,41-43H,9,11-17H2,1-8H3/t18-,22-,23+,25+,26-,27+,28+,29-,30+,31+,34+,35-,36-,37+/m1/s1. The number of ether oxygens (including phenoxy) is 4. The van der Waals surface area contributed by atoms with Crippen molar-refractivity contribution >= 4 is 17.5 Å². The minimum absolute atomic E-state index is 0.0303. The molecule has 262 valence electrons. The lowest BCUT2D eigenvalue weighted by atomic mass is 9.44. The molecule has 2 saturated heterocycles. The monoisotopic (exact) mass is 658 g/mol. The molecule has 0 amide bonds. The van der Waals surface area contributed by atoms with Crippen molar-refractivity contribution in [1.29, 1.82) is 0 Å². The quantitative estimate of drug-likeness (QED) is 0.210. The van der Waals surface area contributed by atoms with Crippen molar-refractivity contribution in [2.45, 2.75) is 149 Å². The first kappa shape index (κ1) is 33.8. The van der Waals surface area contributed by atoms with E-state index >= 15 is 0 Å². The largest absolute Gasteiger partial charge is 0.462 e. The molecule has 7 aliphatic rings. The number of hydrogen-bond acceptors (Lipinski definition) is 10. The molecular weight excluding hydrogens is 604 g/mol. The Bertz CT molecular complexity index is 1400. The number of carbonyl (C=O) groups excluding carboxylic acids is 3. The minimum Gasteiger partial charge on any atom is -0.462 e. The Hall–Kier alpha value is -1.69. The van der Waals surface area contributed by atoms with Crippen LogP contribution in [0.25, 0.3) is 0 Å². The molecule has 10 nitrogen and oxygen atoms in total. The second-order valence-electron chi connectivity index (χ2n) is 17.8. The summed E-state index contributed by atoms with van der Waals surface area (Å²) in [6.45, 7) is 15.9. The number of Topliss-reactive ketones (excluding diaryl/α,β-unsaturated/α-hetero) is 2. The predicted octanol–water partition coefficient (Wildman–Crippen LogP) is 3.66. The van der Waals surface area contributed by atoms with Gasteiger partial charge in [-0.05, 0) is 68.6 Å². The number of allylic oxidation sites excluding steroid dienone is 2. The molecule has 47 heavy (non-hydrogen) atoms. The van der Waals surface area contributed by atoms with E-state index in [1.54, 1.807) is 0 Å². The van der Waals surface area contributed by atoms with Gasteiger partial charge in [0.15, 0.2) is 12.1 Å². The van der Waals surface area contributed by atoms with Crippen LogP contribution in [0.2, 0.25) is 0 Å². The number of epoxide rings is 1. The van der Waals surface area contributed by atoms with Crippen LogP contribution in [0, 0.1) is 44.8 Å². The highest BCUT2D eigenvalue weighted by Gasteiger charge is 2.83. The van der Waals surface area contributed by atoms with Gasteiger partial charge in [-0.1, -0.05) is 46.3 Å². The van der Waals surface area contributed by atoms with Gasteiger partial charge in [0.1, 0.15) is 36.3 Å². The maximum absolute atomic E-state index is 14.2. The molecule has 2 spiro atoms. The third kappa shape index (κ3) is 4.46. The molecule has 5 aliphatic carbocycles. The maximum atomic E-state index is 14.2. The van der Waals surface area contributed by atoms with Crippen molar-refractivity contribution in [2.75, 3.05) is 6.61 Å². The van der Waals surface area contributed by atoms with Crippen LogP contribution in [-0.2, 0) is 33.3 Å². The average Bonchev–Trinajstić information content (AvgIpc) is 3.80. The van der Waals surface area contributed by atoms with Crippen LogP contribution < -0.4 is 0 Å². The molecule has 3 N–H and O–H groups in total. The van der Waals surface area contributed by atoms with E-state index in [2.05, 4.69) is 33.8 Å². The summed E-state index contributed by atoms with van der Waals surface area (Å²) in [4.78, 5) is 40.2. The first-order valence-electron chi connectivity index (χ1n) is 17.7. The maximum Gasteiger partial charge on any atom is 0.302 e. The summed E-state index contributed by atoms with van der Waals surface area (Å²) >= 11 is 0. The van der Waals surface area contributed by atoms with Crippen LogP contribution in [0.15, 0.2) is 11.6 Å². The zero-order valence-corrected chi connectivity index (χ0v) is 29.2. The van der Waals surface area contributed by atoms with Crippen LogP contribution in [0.1, 0.15) is 100 Å². The fraction of sp³-hybridized carbons (Fsp3) is 0.865. The number of aliphatic hydroxyl groups excluding tert-OH is 3. The molecule has 4 saturated carbocycles. The van der Waals surface area contributed by atoms with Gasteiger partial charge in [-0.3, -0.25) is 14.4 Å². The van der Waals surface area contributed by atoms with Gasteiger partial charge in [0, 0.05) is 41.9 Å². The van der Waals surface area contributed by atoms with Crippen LogP contribution in [0.3, 0.4) is 0 Å². The van der Waals surface area contributed by atoms with Gasteiger partial charge >= 0.3 is 5.97 Å². The third-order valence-electron chi connectivity index (χ3n) is 14.7. The molecule has 0 aromatic carbocycles. The molecule has 7 rings (SSSR count). The molecule has 0 radical (unpaired) electrons. The van der Waals surface area contributed by atoms with Gasteiger partial charge in [0.05, 0.1) is 18.3 Å². The Labute approximate surface area is 277 Å². The number of aliphatic hydroxyl groups is 3. The van der Waals surface area contributed by atoms with Crippen molar-refractivity contribution in [3.63, 3.8) is 0 Å². The molecule has 6 fully saturated rings. The van der Waals surface area contributed by atoms with E-state index in [0.717, 1.165) is 25.7 Å². The van der Waals surface area contributed by atoms with E-state index in [1.165, 1.54) is 12.5 Å². The van der Waals surface area contributed by atoms with Crippen molar-refractivity contribution in [2.24, 2.45) is 44.8 Å². The average molecular weight is 659 g/mol. The van der Waals surface area contributed by atoms with E-state index in [-0.39, 0.29) is 64.7 Å². The second-order valence-corrected chi connectivity index (χ2v) is 17.8. The summed E-state index contributed by atoms with van der Waals surface area (Å²) < 4.78 is 24.0. The fourth-order valence-electron chi connectivity index (χ4n) is 12.3. The smallest absolute Gasteiger partial charge is 0.302 e. The van der Waals surface area contributed by atoms with Crippen molar-refractivity contribution in [1.82, 2.24) is 0 Å². The van der Waals surface area contributed by atoms with Gasteiger partial charge in [-0.25, -0.2) is 0 Å². The Morgan fingerprint density at radius 3 is 2.38 bits per heavy atom. The van der Waals surface area contributed by atoms with E-state index in [0.29, 0.717) is 12.8 Å². The zero-order chi connectivity index (χ0) is 34.3. The summed E-state index contributed by atoms with van der Waals surface area (Å²) in [5.74, 6) is -0.579. The van der Waals surface area contributed by atoms with Gasteiger partial charge in [-0.15, -0.1) is 0 Å². The Morgan fingerprint density at radius 1 is 1.06 bits per heavy atom. The lowest BCUT2D eigenvalue weighted by Crippen LogP contribution is -2.60. The molecule has 0 aromatic rings. The molecule has 0 unspecified atom stereocenters. The normalized spacial score (nSPS) is 51.0. The van der Waals surface area contributed by atoms with Crippen molar-refractivity contribution in [3.8, 4) is 0 Å². The van der Waals surface area contributed by atoms with Gasteiger partial charge in [0.25, 0.3) is 0 Å². The molecule has 0 aromatic heterocycles. The van der Waals surface area contributed by atoms with Gasteiger partial charge in [0.2, 0.25) is 0 Å². The van der Waals surface area contributed by atoms with Crippen LogP contribution >= 0.6 is 0 Å². The highest BCUT2D eigenvalue weighted by atomic mass is 16.7. The molecule has 2 aliphatic heterocycles. The van der Waals surface area contributed by atoms with Crippen molar-refractivity contribution < 1.29 is 48.7 Å². The number of rotatable bonds is 7. The molecule has 10 heteroatoms. The number of esters is 1. The first-order valence-corrected chi connectivity index (χ1v) is 17.7. The lowest BCUT2D eigenvalue weighted by Gasteiger charge is -2.61. The fourth-order valence-corrected chi connectivity index (χ4v) is 12.3. The minimum atomic E-state index is -1.34. The third-order valence-corrected chi connectivity index (χ3v) is 14.7. The summed E-state index contributed by atoms with van der Waals surface area (Å²) in [5, 5.41) is 30.8. The second kappa shape index (κ2) is 10.4. The summed E-state index contributed by atoms with van der Waals surface area (Å²) in [5.41, 5.74) is -0.862. The Balaban J connectivity index is 1.20. The number of fused-ring (bicyclic) bond motifs is 2. The highest BCUT2D eigenvalue weighted by molar-refractivity contribution is 5.90. The molecule has 14 atom stereocenters. The van der Waals surface area contributed by atoms with Gasteiger partial charge in [-0.2, -0.15) is 0 Å². The summed E-state index contributed by atoms with van der Waals surface area (Å²) in [7, 11) is 0. The highest BCUT2D eigenvalue weighted by Crippen LogP contribution is 2.88. The molecular formula is C37H54O10. The number of carbonyl (C=O) groups is 3. The zero-order valence-electron chi connectivity index (χ0n) is 29.2. The lowest BCUT2D eigenvalue weighted by molar-refractivity contribution is -0.300. The van der Waals surface area contributed by atoms with E-state index in [4.69, 9.17) is 18.9 Å². The SMILES string of the molecule is CC(=O)O[C@@H]1C[C@@]23C[C@@]24CC[C@H](O[C@@H]2OC[C@@H](O)[C@H](O)[C@H]2O)C(C)(C)[C@@H]4CC=C3[C@]2(C)CC(=O)[C@H]([C@H](C)CC(=O)[C@@H]3OC3(C)C)[C@@]12C. The van der Waals surface area contributed by atoms with E-state index < -0.39 is 59.2 Å². The summed E-state index contributed by atoms with van der Waals surface area (Å²) in [6, 6.07) is 0. The number of hydrogen-bond donors (Lipinski definition) is 3. The van der Waals surface area contributed by atoms with E-state index in [9.17, 15) is 29.7 Å². The topological polar surface area (TPSA) is 152 Å². The summed E-state index contributed by atoms with van der Waals surface area (Å²) in [6.07, 6.45) is 1.06.